The maximum absolute atomic E-state index is 11.9. The number of nitrogen functional groups attached to an aromatic ring is 1. The van der Waals surface area contributed by atoms with Gasteiger partial charge in [-0.05, 0) is 18.2 Å². The Hall–Kier alpha value is -3.34. The quantitative estimate of drug-likeness (QED) is 0.676. The van der Waals surface area contributed by atoms with Crippen LogP contribution in [0.25, 0.3) is 16.7 Å². The fraction of sp³-hybridized carbons (Fsp3) is 0.0769. The molecule has 8 nitrogen and oxygen atoms in total. The van der Waals surface area contributed by atoms with Crippen LogP contribution in [0.3, 0.4) is 0 Å². The fourth-order valence-electron chi connectivity index (χ4n) is 2.10. The second-order valence-electron chi connectivity index (χ2n) is 4.28. The lowest BCUT2D eigenvalue weighted by Gasteiger charge is -2.08. The van der Waals surface area contributed by atoms with Crippen LogP contribution in [0.2, 0.25) is 0 Å². The maximum atomic E-state index is 11.9. The summed E-state index contributed by atoms with van der Waals surface area (Å²) in [6.45, 7) is 0. The van der Waals surface area contributed by atoms with Crippen molar-refractivity contribution in [2.45, 2.75) is 0 Å². The first-order chi connectivity index (χ1) is 10.2. The van der Waals surface area contributed by atoms with Gasteiger partial charge in [0.25, 0.3) is 0 Å². The molecule has 0 aliphatic rings. The van der Waals surface area contributed by atoms with Gasteiger partial charge in [0.15, 0.2) is 5.69 Å². The van der Waals surface area contributed by atoms with Gasteiger partial charge in [0, 0.05) is 11.9 Å². The molecule has 0 saturated heterocycles. The van der Waals surface area contributed by atoms with Gasteiger partial charge in [-0.2, -0.15) is 20.7 Å². The van der Waals surface area contributed by atoms with Crippen LogP contribution in [0, 0.1) is 11.3 Å². The SMILES string of the molecule is COC(=O)c1c(N)c(C#N)cn1-c1ccc2n[nH]nc2c1. The molecule has 104 valence electrons. The third-order valence-corrected chi connectivity index (χ3v) is 3.12. The van der Waals surface area contributed by atoms with Crippen LogP contribution in [0.15, 0.2) is 24.4 Å². The lowest BCUT2D eigenvalue weighted by atomic mass is 10.2. The molecule has 3 aromatic rings. The number of nitrogens with two attached hydrogens (primary N) is 1. The van der Waals surface area contributed by atoms with Crippen molar-refractivity contribution in [3.63, 3.8) is 0 Å². The van der Waals surface area contributed by atoms with Crippen LogP contribution in [0.4, 0.5) is 5.69 Å². The Morgan fingerprint density at radius 3 is 2.90 bits per heavy atom. The zero-order valence-corrected chi connectivity index (χ0v) is 11.0. The first-order valence-electron chi connectivity index (χ1n) is 5.96. The lowest BCUT2D eigenvalue weighted by Crippen LogP contribution is -2.11. The van der Waals surface area contributed by atoms with Gasteiger partial charge in [-0.1, -0.05) is 0 Å². The number of methoxy groups -OCH3 is 1. The van der Waals surface area contributed by atoms with Crippen LogP contribution in [-0.2, 0) is 4.74 Å². The summed E-state index contributed by atoms with van der Waals surface area (Å²) in [5.41, 5.74) is 8.20. The number of rotatable bonds is 2. The highest BCUT2D eigenvalue weighted by Crippen LogP contribution is 2.25. The molecule has 0 spiro atoms. The summed E-state index contributed by atoms with van der Waals surface area (Å²) in [6.07, 6.45) is 1.49. The number of aromatic nitrogens is 4. The van der Waals surface area contributed by atoms with Crippen molar-refractivity contribution in [2.24, 2.45) is 0 Å². The number of carbonyl (C=O) groups excluding carboxylic acids is 1. The average molecular weight is 282 g/mol. The second-order valence-corrected chi connectivity index (χ2v) is 4.28. The van der Waals surface area contributed by atoms with Gasteiger partial charge < -0.3 is 15.0 Å². The van der Waals surface area contributed by atoms with E-state index >= 15 is 0 Å². The first kappa shape index (κ1) is 12.7. The van der Waals surface area contributed by atoms with Crippen molar-refractivity contribution in [1.29, 1.82) is 5.26 Å². The number of ether oxygens (including phenoxy) is 1. The topological polar surface area (TPSA) is 123 Å². The van der Waals surface area contributed by atoms with Crippen molar-refractivity contribution >= 4 is 22.7 Å². The highest BCUT2D eigenvalue weighted by Gasteiger charge is 2.21. The van der Waals surface area contributed by atoms with Crippen molar-refractivity contribution in [3.05, 3.63) is 35.7 Å². The van der Waals surface area contributed by atoms with Gasteiger partial charge in [-0.3, -0.25) is 0 Å². The summed E-state index contributed by atoms with van der Waals surface area (Å²) < 4.78 is 6.23. The molecule has 0 atom stereocenters. The van der Waals surface area contributed by atoms with Crippen molar-refractivity contribution in [2.75, 3.05) is 12.8 Å². The number of carbonyl (C=O) groups is 1. The molecular formula is C13H10N6O2. The molecule has 0 bridgehead atoms. The lowest BCUT2D eigenvalue weighted by molar-refractivity contribution is 0.0593. The molecule has 21 heavy (non-hydrogen) atoms. The fourth-order valence-corrected chi connectivity index (χ4v) is 2.10. The maximum Gasteiger partial charge on any atom is 0.357 e. The summed E-state index contributed by atoms with van der Waals surface area (Å²) in [7, 11) is 1.26. The minimum Gasteiger partial charge on any atom is -0.464 e. The molecule has 3 N–H and O–H groups in total. The van der Waals surface area contributed by atoms with E-state index < -0.39 is 5.97 Å². The minimum atomic E-state index is -0.616. The molecule has 1 aromatic carbocycles. The average Bonchev–Trinajstić information content (AvgIpc) is 3.09. The Morgan fingerprint density at radius 1 is 1.43 bits per heavy atom. The summed E-state index contributed by atoms with van der Waals surface area (Å²) in [6, 6.07) is 7.17. The Kier molecular flexibility index (Phi) is 2.80. The molecular weight excluding hydrogens is 272 g/mol. The van der Waals surface area contributed by atoms with E-state index in [0.717, 1.165) is 0 Å². The number of aromatic amines is 1. The number of hydrogen-bond donors (Lipinski definition) is 2. The molecule has 0 unspecified atom stereocenters. The van der Waals surface area contributed by atoms with E-state index in [2.05, 4.69) is 15.4 Å². The summed E-state index contributed by atoms with van der Waals surface area (Å²) in [5, 5.41) is 19.5. The van der Waals surface area contributed by atoms with Gasteiger partial charge >= 0.3 is 5.97 Å². The van der Waals surface area contributed by atoms with Crippen molar-refractivity contribution in [3.8, 4) is 11.8 Å². The number of anilines is 1. The van der Waals surface area contributed by atoms with Crippen LogP contribution in [-0.4, -0.2) is 33.1 Å². The Morgan fingerprint density at radius 2 is 2.19 bits per heavy atom. The molecule has 0 aliphatic carbocycles. The van der Waals surface area contributed by atoms with Gasteiger partial charge in [0.2, 0.25) is 0 Å². The van der Waals surface area contributed by atoms with Crippen LogP contribution < -0.4 is 5.73 Å². The number of nitriles is 1. The molecule has 0 fully saturated rings. The summed E-state index contributed by atoms with van der Waals surface area (Å²) in [5.74, 6) is -0.616. The van der Waals surface area contributed by atoms with E-state index in [-0.39, 0.29) is 16.9 Å². The van der Waals surface area contributed by atoms with Crippen molar-refractivity contribution in [1.82, 2.24) is 20.0 Å². The van der Waals surface area contributed by atoms with Gasteiger partial charge in [-0.25, -0.2) is 4.79 Å². The van der Waals surface area contributed by atoms with Gasteiger partial charge in [-0.15, -0.1) is 0 Å². The van der Waals surface area contributed by atoms with Crippen LogP contribution in [0.1, 0.15) is 16.1 Å². The number of hydrogen-bond acceptors (Lipinski definition) is 6. The largest absolute Gasteiger partial charge is 0.464 e. The predicted molar refractivity (Wildman–Crippen MR) is 73.7 cm³/mol. The molecule has 0 aliphatic heterocycles. The van der Waals surface area contributed by atoms with Crippen LogP contribution >= 0.6 is 0 Å². The highest BCUT2D eigenvalue weighted by atomic mass is 16.5. The molecule has 8 heteroatoms. The van der Waals surface area contributed by atoms with Gasteiger partial charge in [0.1, 0.15) is 17.1 Å². The van der Waals surface area contributed by atoms with E-state index in [1.807, 2.05) is 6.07 Å². The molecule has 0 radical (unpaired) electrons. The van der Waals surface area contributed by atoms with E-state index in [9.17, 15) is 4.79 Å². The number of nitrogens with one attached hydrogen (secondary N) is 1. The van der Waals surface area contributed by atoms with E-state index in [0.29, 0.717) is 16.7 Å². The first-order valence-corrected chi connectivity index (χ1v) is 5.96. The number of esters is 1. The van der Waals surface area contributed by atoms with Gasteiger partial charge in [0.05, 0.1) is 18.4 Å². The third-order valence-electron chi connectivity index (χ3n) is 3.12. The molecule has 0 amide bonds. The Bertz CT molecular complexity index is 886. The molecule has 2 heterocycles. The van der Waals surface area contributed by atoms with Crippen LogP contribution in [0.5, 0.6) is 0 Å². The predicted octanol–water partition coefficient (Wildman–Crippen LogP) is 0.989. The third kappa shape index (κ3) is 1.88. The highest BCUT2D eigenvalue weighted by molar-refractivity contribution is 5.96. The molecule has 2 aromatic heterocycles. The standard InChI is InChI=1S/C13H10N6O2/c1-21-13(20)12-11(15)7(5-14)6-19(12)8-2-3-9-10(4-8)17-18-16-9/h2-4,6H,15H2,1H3,(H,16,17,18). The zero-order chi connectivity index (χ0) is 15.0. The molecule has 0 saturated carbocycles. The normalized spacial score (nSPS) is 10.5. The van der Waals surface area contributed by atoms with E-state index in [4.69, 9.17) is 15.7 Å². The Balaban J connectivity index is 2.25. The summed E-state index contributed by atoms with van der Waals surface area (Å²) >= 11 is 0. The van der Waals surface area contributed by atoms with Crippen molar-refractivity contribution < 1.29 is 9.53 Å². The number of benzene rings is 1. The van der Waals surface area contributed by atoms with E-state index in [1.54, 1.807) is 18.2 Å². The summed E-state index contributed by atoms with van der Waals surface area (Å²) in [4.78, 5) is 11.9. The monoisotopic (exact) mass is 282 g/mol. The smallest absolute Gasteiger partial charge is 0.357 e. The number of fused-ring (bicyclic) bond motifs is 1. The Labute approximate surface area is 118 Å². The zero-order valence-electron chi connectivity index (χ0n) is 11.0. The minimum absolute atomic E-state index is 0.0876. The van der Waals surface area contributed by atoms with E-state index in [1.165, 1.54) is 17.9 Å². The molecule has 3 rings (SSSR count). The second kappa shape index (κ2) is 4.64. The number of nitrogens with zero attached hydrogens (tertiary/aromatic N) is 4. The number of H-pyrrole nitrogens is 1.